The van der Waals surface area contributed by atoms with Crippen LogP contribution in [0.1, 0.15) is 36.5 Å². The Morgan fingerprint density at radius 3 is 2.86 bits per heavy atom. The number of rotatable bonds is 5. The van der Waals surface area contributed by atoms with Crippen molar-refractivity contribution in [3.05, 3.63) is 47.0 Å². The second-order valence-electron chi connectivity index (χ2n) is 6.10. The molecule has 1 aromatic carbocycles. The third-order valence-corrected chi connectivity index (χ3v) is 4.26. The molecule has 0 bridgehead atoms. The Hall–Kier alpha value is -1.61. The summed E-state index contributed by atoms with van der Waals surface area (Å²) in [6.07, 6.45) is 5.61. The lowest BCUT2D eigenvalue weighted by Crippen LogP contribution is -2.30. The van der Waals surface area contributed by atoms with Crippen LogP contribution in [0.4, 0.5) is 0 Å². The Kier molecular flexibility index (Phi) is 5.18. The average Bonchev–Trinajstić information content (AvgIpc) is 2.75. The van der Waals surface area contributed by atoms with Gasteiger partial charge in [0.1, 0.15) is 0 Å². The number of nitrogens with two attached hydrogens (primary N) is 1. The topological polar surface area (TPSA) is 46.3 Å². The first-order valence-corrected chi connectivity index (χ1v) is 7.74. The highest BCUT2D eigenvalue weighted by Crippen LogP contribution is 2.25. The molecule has 1 fully saturated rings. The first-order valence-electron chi connectivity index (χ1n) is 7.74. The maximum atomic E-state index is 12.5. The van der Waals surface area contributed by atoms with Gasteiger partial charge in [0.15, 0.2) is 0 Å². The van der Waals surface area contributed by atoms with Crippen LogP contribution in [0.2, 0.25) is 0 Å². The Bertz CT molecular complexity index is 536. The summed E-state index contributed by atoms with van der Waals surface area (Å²) in [7, 11) is 0. The van der Waals surface area contributed by atoms with Gasteiger partial charge in [0.25, 0.3) is 0 Å². The lowest BCUT2D eigenvalue weighted by atomic mass is 9.98. The van der Waals surface area contributed by atoms with Gasteiger partial charge < -0.3 is 10.6 Å². The number of hydrogen-bond acceptors (Lipinski definition) is 2. The van der Waals surface area contributed by atoms with E-state index in [0.717, 1.165) is 25.9 Å². The molecule has 0 saturated carbocycles. The molecule has 1 saturated heterocycles. The number of carbonyl (C=O) groups is 1. The number of amides is 1. The first-order chi connectivity index (χ1) is 10.0. The number of benzene rings is 1. The summed E-state index contributed by atoms with van der Waals surface area (Å²) in [6.45, 7) is 7.74. The fraction of sp³-hybridized carbons (Fsp3) is 0.500. The van der Waals surface area contributed by atoms with Crippen LogP contribution in [0.15, 0.2) is 30.4 Å². The van der Waals surface area contributed by atoms with E-state index < -0.39 is 0 Å². The quantitative estimate of drug-likeness (QED) is 0.846. The van der Waals surface area contributed by atoms with Crippen molar-refractivity contribution in [3.63, 3.8) is 0 Å². The molecule has 1 heterocycles. The maximum Gasteiger partial charge on any atom is 0.226 e. The summed E-state index contributed by atoms with van der Waals surface area (Å²) in [5.41, 5.74) is 9.77. The molecular formula is C18H26N2O. The summed E-state index contributed by atoms with van der Waals surface area (Å²) in [5.74, 6) is 0.344. The summed E-state index contributed by atoms with van der Waals surface area (Å²) in [6, 6.07) is 6.42. The molecular weight excluding hydrogens is 260 g/mol. The number of hydrogen-bond donors (Lipinski definition) is 1. The highest BCUT2D eigenvalue weighted by atomic mass is 16.2. The van der Waals surface area contributed by atoms with E-state index in [1.165, 1.54) is 16.7 Å². The second kappa shape index (κ2) is 6.90. The largest absolute Gasteiger partial charge is 0.338 e. The molecule has 2 rings (SSSR count). The number of nitrogens with zero attached hydrogens (tertiary/aromatic N) is 1. The minimum absolute atomic E-state index is 0.00925. The standard InChI is InChI=1S/C18H26N2O/c1-4-5-17(19)11-15-8-9-20(18(15)21)12-16-7-6-13(2)10-14(16)3/h4-7,10,15,17H,8-9,11-12,19H2,1-3H3/b5-4+. The van der Waals surface area contributed by atoms with E-state index in [0.29, 0.717) is 0 Å². The van der Waals surface area contributed by atoms with Crippen molar-refractivity contribution >= 4 is 5.91 Å². The van der Waals surface area contributed by atoms with Gasteiger partial charge in [-0.25, -0.2) is 0 Å². The molecule has 2 atom stereocenters. The molecule has 1 aliphatic rings. The van der Waals surface area contributed by atoms with Crippen LogP contribution in [0.3, 0.4) is 0 Å². The van der Waals surface area contributed by atoms with Gasteiger partial charge in [0.05, 0.1) is 0 Å². The van der Waals surface area contributed by atoms with Crippen molar-refractivity contribution in [1.29, 1.82) is 0 Å². The zero-order valence-corrected chi connectivity index (χ0v) is 13.3. The lowest BCUT2D eigenvalue weighted by molar-refractivity contribution is -0.131. The predicted molar refractivity (Wildman–Crippen MR) is 86.8 cm³/mol. The second-order valence-corrected chi connectivity index (χ2v) is 6.10. The van der Waals surface area contributed by atoms with Crippen molar-refractivity contribution in [1.82, 2.24) is 4.90 Å². The highest BCUT2D eigenvalue weighted by Gasteiger charge is 2.32. The zero-order valence-electron chi connectivity index (χ0n) is 13.3. The summed E-state index contributed by atoms with van der Waals surface area (Å²) in [4.78, 5) is 14.5. The van der Waals surface area contributed by atoms with Crippen LogP contribution in [-0.4, -0.2) is 23.4 Å². The van der Waals surface area contributed by atoms with Gasteiger partial charge in [-0.1, -0.05) is 35.9 Å². The highest BCUT2D eigenvalue weighted by molar-refractivity contribution is 5.81. The molecule has 0 aromatic heterocycles. The van der Waals surface area contributed by atoms with Crippen LogP contribution < -0.4 is 5.73 Å². The fourth-order valence-corrected chi connectivity index (χ4v) is 3.06. The number of aryl methyl sites for hydroxylation is 2. The van der Waals surface area contributed by atoms with Crippen LogP contribution in [0.25, 0.3) is 0 Å². The van der Waals surface area contributed by atoms with Gasteiger partial charge in [0.2, 0.25) is 5.91 Å². The van der Waals surface area contributed by atoms with E-state index in [9.17, 15) is 4.79 Å². The van der Waals surface area contributed by atoms with Crippen molar-refractivity contribution in [2.24, 2.45) is 11.7 Å². The van der Waals surface area contributed by atoms with Crippen molar-refractivity contribution in [2.75, 3.05) is 6.54 Å². The monoisotopic (exact) mass is 286 g/mol. The summed E-state index contributed by atoms with van der Waals surface area (Å²) >= 11 is 0. The molecule has 3 heteroatoms. The molecule has 2 unspecified atom stereocenters. The summed E-state index contributed by atoms with van der Waals surface area (Å²) in [5, 5.41) is 0. The molecule has 114 valence electrons. The SMILES string of the molecule is C/C=C/C(N)CC1CCN(Cc2ccc(C)cc2C)C1=O. The van der Waals surface area contributed by atoms with E-state index in [4.69, 9.17) is 5.73 Å². The van der Waals surface area contributed by atoms with Crippen molar-refractivity contribution < 1.29 is 4.79 Å². The van der Waals surface area contributed by atoms with Crippen LogP contribution in [0, 0.1) is 19.8 Å². The third-order valence-electron chi connectivity index (χ3n) is 4.26. The van der Waals surface area contributed by atoms with E-state index in [1.807, 2.05) is 24.0 Å². The van der Waals surface area contributed by atoms with Gasteiger partial charge >= 0.3 is 0 Å². The summed E-state index contributed by atoms with van der Waals surface area (Å²) < 4.78 is 0. The van der Waals surface area contributed by atoms with Crippen LogP contribution in [0.5, 0.6) is 0 Å². The molecule has 21 heavy (non-hydrogen) atoms. The third kappa shape index (κ3) is 3.94. The average molecular weight is 286 g/mol. The number of likely N-dealkylation sites (tertiary alicyclic amines) is 1. The van der Waals surface area contributed by atoms with E-state index in [1.54, 1.807) is 0 Å². The van der Waals surface area contributed by atoms with E-state index in [-0.39, 0.29) is 17.9 Å². The van der Waals surface area contributed by atoms with Crippen LogP contribution >= 0.6 is 0 Å². The van der Waals surface area contributed by atoms with Crippen molar-refractivity contribution in [2.45, 2.75) is 46.2 Å². The van der Waals surface area contributed by atoms with Gasteiger partial charge in [-0.05, 0) is 44.7 Å². The maximum absolute atomic E-state index is 12.5. The number of allylic oxidation sites excluding steroid dienone is 1. The smallest absolute Gasteiger partial charge is 0.226 e. The minimum Gasteiger partial charge on any atom is -0.338 e. The molecule has 1 aliphatic heterocycles. The molecule has 1 aromatic rings. The van der Waals surface area contributed by atoms with E-state index >= 15 is 0 Å². The van der Waals surface area contributed by atoms with Gasteiger partial charge in [-0.3, -0.25) is 4.79 Å². The molecule has 0 spiro atoms. The normalized spacial score (nSPS) is 20.5. The Balaban J connectivity index is 1.98. The zero-order chi connectivity index (χ0) is 15.4. The predicted octanol–water partition coefficient (Wildman–Crippen LogP) is 2.95. The Labute approximate surface area is 127 Å². The number of carbonyl (C=O) groups excluding carboxylic acids is 1. The Morgan fingerprint density at radius 1 is 1.43 bits per heavy atom. The first kappa shape index (κ1) is 15.8. The van der Waals surface area contributed by atoms with Gasteiger partial charge in [-0.15, -0.1) is 0 Å². The molecule has 0 aliphatic carbocycles. The Morgan fingerprint density at radius 2 is 2.19 bits per heavy atom. The molecule has 0 radical (unpaired) electrons. The molecule has 3 nitrogen and oxygen atoms in total. The fourth-order valence-electron chi connectivity index (χ4n) is 3.06. The van der Waals surface area contributed by atoms with Gasteiger partial charge in [0, 0.05) is 25.0 Å². The lowest BCUT2D eigenvalue weighted by Gasteiger charge is -2.19. The van der Waals surface area contributed by atoms with Gasteiger partial charge in [-0.2, -0.15) is 0 Å². The van der Waals surface area contributed by atoms with E-state index in [2.05, 4.69) is 32.0 Å². The van der Waals surface area contributed by atoms with Crippen LogP contribution in [-0.2, 0) is 11.3 Å². The minimum atomic E-state index is -0.00925. The molecule has 1 amide bonds. The molecule has 2 N–H and O–H groups in total. The van der Waals surface area contributed by atoms with Crippen molar-refractivity contribution in [3.8, 4) is 0 Å².